The molecule has 17 heavy (non-hydrogen) atoms. The lowest BCUT2D eigenvalue weighted by molar-refractivity contribution is 0.374. The highest BCUT2D eigenvalue weighted by atomic mass is 15.1. The zero-order valence-electron chi connectivity index (χ0n) is 11.3. The largest absolute Gasteiger partial charge is 0.331 e. The lowest BCUT2D eigenvalue weighted by atomic mass is 10.00. The summed E-state index contributed by atoms with van der Waals surface area (Å²) >= 11 is 0. The number of nitrogens with one attached hydrogen (secondary N) is 1. The predicted octanol–water partition coefficient (Wildman–Crippen LogP) is 3.13. The highest BCUT2D eigenvalue weighted by Crippen LogP contribution is 2.27. The second-order valence-electron chi connectivity index (χ2n) is 5.60. The first-order valence-corrected chi connectivity index (χ1v) is 6.92. The molecule has 0 aromatic carbocycles. The van der Waals surface area contributed by atoms with Gasteiger partial charge >= 0.3 is 0 Å². The van der Waals surface area contributed by atoms with Crippen molar-refractivity contribution in [1.29, 1.82) is 0 Å². The van der Waals surface area contributed by atoms with E-state index in [0.717, 1.165) is 12.5 Å². The van der Waals surface area contributed by atoms with Crippen LogP contribution in [0.5, 0.6) is 0 Å². The van der Waals surface area contributed by atoms with Crippen LogP contribution in [0.25, 0.3) is 0 Å². The van der Waals surface area contributed by atoms with Crippen LogP contribution in [0.1, 0.15) is 58.2 Å². The van der Waals surface area contributed by atoms with Gasteiger partial charge in [-0.3, -0.25) is 0 Å². The third-order valence-electron chi connectivity index (χ3n) is 4.01. The zero-order chi connectivity index (χ0) is 12.3. The maximum absolute atomic E-state index is 4.24. The molecule has 0 aliphatic heterocycles. The second kappa shape index (κ2) is 5.67. The van der Waals surface area contributed by atoms with E-state index in [0.29, 0.717) is 12.1 Å². The molecule has 1 atom stereocenters. The Morgan fingerprint density at radius 3 is 2.71 bits per heavy atom. The summed E-state index contributed by atoms with van der Waals surface area (Å²) < 4.78 is 2.24. The minimum atomic E-state index is 0.496. The van der Waals surface area contributed by atoms with Crippen LogP contribution in [0.3, 0.4) is 0 Å². The summed E-state index contributed by atoms with van der Waals surface area (Å²) in [5.74, 6) is 0.880. The first-order valence-electron chi connectivity index (χ1n) is 6.92. The van der Waals surface area contributed by atoms with E-state index in [1.807, 2.05) is 12.5 Å². The van der Waals surface area contributed by atoms with Crippen LogP contribution >= 0.6 is 0 Å². The fourth-order valence-electron chi connectivity index (χ4n) is 2.82. The molecule has 1 heterocycles. The number of rotatable bonds is 5. The van der Waals surface area contributed by atoms with Crippen LogP contribution in [-0.2, 0) is 6.54 Å². The molecule has 1 saturated carbocycles. The topological polar surface area (TPSA) is 29.9 Å². The highest BCUT2D eigenvalue weighted by molar-refractivity contribution is 4.99. The summed E-state index contributed by atoms with van der Waals surface area (Å²) in [6.07, 6.45) is 9.55. The lowest BCUT2D eigenvalue weighted by Gasteiger charge is -2.21. The van der Waals surface area contributed by atoms with Crippen molar-refractivity contribution in [2.45, 2.75) is 65.1 Å². The van der Waals surface area contributed by atoms with E-state index in [1.54, 1.807) is 0 Å². The van der Waals surface area contributed by atoms with E-state index < -0.39 is 0 Å². The smallest absolute Gasteiger partial charge is 0.0951 e. The van der Waals surface area contributed by atoms with Crippen LogP contribution in [0.4, 0.5) is 0 Å². The molecule has 0 radical (unpaired) electrons. The monoisotopic (exact) mass is 235 g/mol. The van der Waals surface area contributed by atoms with Gasteiger partial charge in [-0.05, 0) is 39.5 Å². The summed E-state index contributed by atoms with van der Waals surface area (Å²) in [6.45, 7) is 7.67. The molecule has 3 nitrogen and oxygen atoms in total. The number of hydrogen-bond acceptors (Lipinski definition) is 2. The Hall–Kier alpha value is -0.830. The van der Waals surface area contributed by atoms with Crippen molar-refractivity contribution in [3.05, 3.63) is 18.2 Å². The Balaban J connectivity index is 1.86. The Morgan fingerprint density at radius 1 is 1.35 bits per heavy atom. The standard InChI is InChI=1S/C14H25N3/c1-11(2)17-10-15-8-14(17)9-16-12(3)13-6-4-5-7-13/h8,10-13,16H,4-7,9H2,1-3H3. The number of nitrogens with zero attached hydrogens (tertiary/aromatic N) is 2. The highest BCUT2D eigenvalue weighted by Gasteiger charge is 2.21. The van der Waals surface area contributed by atoms with Gasteiger partial charge in [0.15, 0.2) is 0 Å². The van der Waals surface area contributed by atoms with Crippen molar-refractivity contribution in [3.8, 4) is 0 Å². The van der Waals surface area contributed by atoms with Gasteiger partial charge < -0.3 is 9.88 Å². The normalized spacial score (nSPS) is 19.1. The van der Waals surface area contributed by atoms with Gasteiger partial charge in [-0.1, -0.05) is 12.8 Å². The van der Waals surface area contributed by atoms with Crippen LogP contribution in [0.15, 0.2) is 12.5 Å². The van der Waals surface area contributed by atoms with Crippen LogP contribution in [0.2, 0.25) is 0 Å². The van der Waals surface area contributed by atoms with E-state index in [1.165, 1.54) is 31.4 Å². The molecule has 0 spiro atoms. The molecule has 0 amide bonds. The summed E-state index contributed by atoms with van der Waals surface area (Å²) in [5.41, 5.74) is 1.30. The zero-order valence-corrected chi connectivity index (χ0v) is 11.3. The Labute approximate surface area is 105 Å². The molecule has 1 unspecified atom stereocenters. The maximum atomic E-state index is 4.24. The average molecular weight is 235 g/mol. The van der Waals surface area contributed by atoms with E-state index in [-0.39, 0.29) is 0 Å². The summed E-state index contributed by atoms with van der Waals surface area (Å²) in [6, 6.07) is 1.13. The van der Waals surface area contributed by atoms with Gasteiger partial charge in [0.1, 0.15) is 0 Å². The Morgan fingerprint density at radius 2 is 2.06 bits per heavy atom. The van der Waals surface area contributed by atoms with Gasteiger partial charge in [-0.25, -0.2) is 4.98 Å². The molecule has 0 bridgehead atoms. The summed E-state index contributed by atoms with van der Waals surface area (Å²) in [5, 5.41) is 3.66. The molecular weight excluding hydrogens is 210 g/mol. The maximum Gasteiger partial charge on any atom is 0.0951 e. The number of hydrogen-bond donors (Lipinski definition) is 1. The molecule has 96 valence electrons. The van der Waals surface area contributed by atoms with Gasteiger partial charge in [-0.15, -0.1) is 0 Å². The SMILES string of the molecule is CC(NCc1cncn1C(C)C)C1CCCC1. The van der Waals surface area contributed by atoms with Gasteiger partial charge in [0.2, 0.25) is 0 Å². The summed E-state index contributed by atoms with van der Waals surface area (Å²) in [4.78, 5) is 4.24. The molecule has 1 aromatic rings. The first-order chi connectivity index (χ1) is 8.18. The van der Waals surface area contributed by atoms with Gasteiger partial charge in [0.25, 0.3) is 0 Å². The quantitative estimate of drug-likeness (QED) is 0.849. The van der Waals surface area contributed by atoms with Gasteiger partial charge in [0, 0.05) is 24.8 Å². The van der Waals surface area contributed by atoms with Crippen molar-refractivity contribution in [3.63, 3.8) is 0 Å². The molecule has 1 aliphatic carbocycles. The second-order valence-corrected chi connectivity index (χ2v) is 5.60. The van der Waals surface area contributed by atoms with Crippen molar-refractivity contribution in [2.75, 3.05) is 0 Å². The number of imidazole rings is 1. The van der Waals surface area contributed by atoms with E-state index in [4.69, 9.17) is 0 Å². The van der Waals surface area contributed by atoms with E-state index >= 15 is 0 Å². The number of aromatic nitrogens is 2. The molecular formula is C14H25N3. The molecule has 0 saturated heterocycles. The first kappa shape index (κ1) is 12.6. The molecule has 1 aliphatic rings. The minimum Gasteiger partial charge on any atom is -0.331 e. The van der Waals surface area contributed by atoms with E-state index in [2.05, 4.69) is 35.6 Å². The van der Waals surface area contributed by atoms with Crippen LogP contribution in [-0.4, -0.2) is 15.6 Å². The van der Waals surface area contributed by atoms with Crippen molar-refractivity contribution in [2.24, 2.45) is 5.92 Å². The molecule has 1 fully saturated rings. The lowest BCUT2D eigenvalue weighted by Crippen LogP contribution is -2.32. The fourth-order valence-corrected chi connectivity index (χ4v) is 2.82. The van der Waals surface area contributed by atoms with Gasteiger partial charge in [0.05, 0.1) is 12.0 Å². The van der Waals surface area contributed by atoms with Crippen LogP contribution < -0.4 is 5.32 Å². The van der Waals surface area contributed by atoms with E-state index in [9.17, 15) is 0 Å². The van der Waals surface area contributed by atoms with Crippen molar-refractivity contribution in [1.82, 2.24) is 14.9 Å². The van der Waals surface area contributed by atoms with Crippen molar-refractivity contribution >= 4 is 0 Å². The molecule has 1 aromatic heterocycles. The van der Waals surface area contributed by atoms with Gasteiger partial charge in [-0.2, -0.15) is 0 Å². The molecule has 2 rings (SSSR count). The third-order valence-corrected chi connectivity index (χ3v) is 4.01. The van der Waals surface area contributed by atoms with Crippen LogP contribution in [0, 0.1) is 5.92 Å². The predicted molar refractivity (Wildman–Crippen MR) is 70.9 cm³/mol. The Bertz CT molecular complexity index is 337. The molecule has 3 heteroatoms. The molecule has 1 N–H and O–H groups in total. The summed E-state index contributed by atoms with van der Waals surface area (Å²) in [7, 11) is 0. The third kappa shape index (κ3) is 3.09. The minimum absolute atomic E-state index is 0.496. The fraction of sp³-hybridized carbons (Fsp3) is 0.786. The average Bonchev–Trinajstić information content (AvgIpc) is 2.96. The Kier molecular flexibility index (Phi) is 4.21. The van der Waals surface area contributed by atoms with Crippen molar-refractivity contribution < 1.29 is 0 Å².